The summed E-state index contributed by atoms with van der Waals surface area (Å²) in [6, 6.07) is 8.02. The van der Waals surface area contributed by atoms with Crippen LogP contribution in [0.25, 0.3) is 21.9 Å². The standard InChI is InChI=1S/C22H17ClF3N5O4/c1-10-7-27-19-18-11-2-5-16(29-12(11)3-4-13(18)34-20(19)21(32)28-10)35-17-6-14(23)30-15(31-17)8-33-9-22(24,25)26/h2-6,10,27H,7-9H2,1H3,(H,28,32)/t10-/m1/s1. The topological polar surface area (TPSA) is 111 Å². The zero-order chi connectivity index (χ0) is 24.7. The van der Waals surface area contributed by atoms with Crippen LogP contribution in [-0.2, 0) is 11.3 Å². The number of rotatable bonds is 5. The number of benzene rings is 1. The summed E-state index contributed by atoms with van der Waals surface area (Å²) in [5.41, 5.74) is 1.68. The number of carbonyl (C=O) groups is 1. The highest BCUT2D eigenvalue weighted by molar-refractivity contribution is 6.29. The van der Waals surface area contributed by atoms with Crippen LogP contribution in [0.4, 0.5) is 18.9 Å². The third kappa shape index (κ3) is 4.93. The van der Waals surface area contributed by atoms with E-state index in [0.717, 1.165) is 10.8 Å². The summed E-state index contributed by atoms with van der Waals surface area (Å²) in [6.07, 6.45) is -4.47. The van der Waals surface area contributed by atoms with E-state index >= 15 is 0 Å². The molecule has 0 spiro atoms. The zero-order valence-electron chi connectivity index (χ0n) is 18.1. The van der Waals surface area contributed by atoms with Crippen molar-refractivity contribution in [2.45, 2.75) is 25.7 Å². The van der Waals surface area contributed by atoms with Crippen molar-refractivity contribution < 1.29 is 31.9 Å². The molecule has 5 rings (SSSR count). The third-order valence-corrected chi connectivity index (χ3v) is 5.28. The summed E-state index contributed by atoms with van der Waals surface area (Å²) in [7, 11) is 0. The van der Waals surface area contributed by atoms with Gasteiger partial charge in [-0.05, 0) is 25.1 Å². The number of halogens is 4. The lowest BCUT2D eigenvalue weighted by Crippen LogP contribution is -2.34. The predicted molar refractivity (Wildman–Crippen MR) is 120 cm³/mol. The van der Waals surface area contributed by atoms with Crippen molar-refractivity contribution in [1.29, 1.82) is 0 Å². The maximum atomic E-state index is 12.5. The number of carbonyl (C=O) groups excluding carboxylic acids is 1. The first-order valence-corrected chi connectivity index (χ1v) is 10.8. The molecule has 13 heteroatoms. The van der Waals surface area contributed by atoms with Crippen molar-refractivity contribution in [2.24, 2.45) is 0 Å². The highest BCUT2D eigenvalue weighted by atomic mass is 35.5. The van der Waals surface area contributed by atoms with Gasteiger partial charge >= 0.3 is 6.18 Å². The highest BCUT2D eigenvalue weighted by Gasteiger charge is 2.28. The Morgan fingerprint density at radius 2 is 2.00 bits per heavy atom. The molecule has 3 aromatic heterocycles. The second-order valence-electron chi connectivity index (χ2n) is 7.87. The molecule has 0 fully saturated rings. The predicted octanol–water partition coefficient (Wildman–Crippen LogP) is 4.84. The van der Waals surface area contributed by atoms with Crippen molar-refractivity contribution in [3.8, 4) is 11.8 Å². The van der Waals surface area contributed by atoms with Crippen molar-refractivity contribution in [1.82, 2.24) is 20.3 Å². The largest absolute Gasteiger partial charge is 0.449 e. The molecule has 2 N–H and O–H groups in total. The summed E-state index contributed by atoms with van der Waals surface area (Å²) in [4.78, 5) is 24.8. The van der Waals surface area contributed by atoms with E-state index in [2.05, 4.69) is 30.3 Å². The van der Waals surface area contributed by atoms with Gasteiger partial charge in [-0.2, -0.15) is 18.2 Å². The van der Waals surface area contributed by atoms with Crippen LogP contribution in [0.15, 0.2) is 34.7 Å². The number of ether oxygens (including phenoxy) is 2. The van der Waals surface area contributed by atoms with Crippen LogP contribution in [0.2, 0.25) is 5.15 Å². The summed E-state index contributed by atoms with van der Waals surface area (Å²) < 4.78 is 53.0. The molecule has 0 radical (unpaired) electrons. The Morgan fingerprint density at radius 3 is 2.80 bits per heavy atom. The Kier molecular flexibility index (Phi) is 5.85. The molecular weight excluding hydrogens is 491 g/mol. The zero-order valence-corrected chi connectivity index (χ0v) is 18.8. The monoisotopic (exact) mass is 507 g/mol. The minimum absolute atomic E-state index is 0.00644. The molecule has 1 aliphatic rings. The van der Waals surface area contributed by atoms with Crippen molar-refractivity contribution in [3.05, 3.63) is 47.1 Å². The van der Waals surface area contributed by atoms with Crippen LogP contribution in [0.3, 0.4) is 0 Å². The normalized spacial score (nSPS) is 16.0. The molecule has 0 unspecified atom stereocenters. The number of alkyl halides is 3. The van der Waals surface area contributed by atoms with E-state index in [-0.39, 0.29) is 40.4 Å². The van der Waals surface area contributed by atoms with Crippen LogP contribution in [-0.4, -0.2) is 46.2 Å². The Morgan fingerprint density at radius 1 is 1.17 bits per heavy atom. The maximum Gasteiger partial charge on any atom is 0.411 e. The quantitative estimate of drug-likeness (QED) is 0.369. The van der Waals surface area contributed by atoms with E-state index in [0.29, 0.717) is 23.3 Å². The molecule has 182 valence electrons. The number of nitrogens with one attached hydrogen (secondary N) is 2. The first-order valence-electron chi connectivity index (χ1n) is 10.4. The first-order chi connectivity index (χ1) is 16.7. The van der Waals surface area contributed by atoms with Crippen LogP contribution < -0.4 is 15.4 Å². The average molecular weight is 508 g/mol. The Hall–Kier alpha value is -3.64. The maximum absolute atomic E-state index is 12.5. The van der Waals surface area contributed by atoms with Crippen molar-refractivity contribution >= 4 is 45.1 Å². The third-order valence-electron chi connectivity index (χ3n) is 5.09. The van der Waals surface area contributed by atoms with Gasteiger partial charge in [0.15, 0.2) is 5.82 Å². The second kappa shape index (κ2) is 8.86. The molecule has 0 aliphatic carbocycles. The lowest BCUT2D eigenvalue weighted by molar-refractivity contribution is -0.177. The number of hydrogen-bond donors (Lipinski definition) is 2. The highest BCUT2D eigenvalue weighted by Crippen LogP contribution is 2.37. The Balaban J connectivity index is 1.44. The number of amides is 1. The summed E-state index contributed by atoms with van der Waals surface area (Å²) in [5, 5.41) is 7.54. The molecule has 0 bridgehead atoms. The number of aromatic nitrogens is 3. The molecule has 4 heterocycles. The van der Waals surface area contributed by atoms with Gasteiger partial charge in [-0.3, -0.25) is 4.79 Å². The van der Waals surface area contributed by atoms with Crippen molar-refractivity contribution in [3.63, 3.8) is 0 Å². The van der Waals surface area contributed by atoms with Gasteiger partial charge in [0.1, 0.15) is 23.9 Å². The second-order valence-corrected chi connectivity index (χ2v) is 8.26. The molecule has 1 atom stereocenters. The Labute approximate surface area is 200 Å². The number of hydrogen-bond acceptors (Lipinski definition) is 8. The lowest BCUT2D eigenvalue weighted by Gasteiger charge is -2.10. The van der Waals surface area contributed by atoms with Gasteiger partial charge in [-0.15, -0.1) is 0 Å². The number of fused-ring (bicyclic) bond motifs is 5. The minimum atomic E-state index is -4.47. The lowest BCUT2D eigenvalue weighted by atomic mass is 10.1. The van der Waals surface area contributed by atoms with E-state index in [1.54, 1.807) is 24.3 Å². The molecule has 0 saturated carbocycles. The summed E-state index contributed by atoms with van der Waals surface area (Å²) in [5.74, 6) is -0.00635. The molecule has 4 aromatic rings. The molecule has 35 heavy (non-hydrogen) atoms. The molecule has 1 amide bonds. The van der Waals surface area contributed by atoms with Gasteiger partial charge in [0, 0.05) is 30.1 Å². The van der Waals surface area contributed by atoms with Gasteiger partial charge < -0.3 is 24.5 Å². The SMILES string of the molecule is C[C@@H]1CNc2c(oc3ccc4nc(Oc5cc(Cl)nc(COCC(F)(F)F)n5)ccc4c23)C(=O)N1. The number of nitrogens with zero attached hydrogens (tertiary/aromatic N) is 3. The van der Waals surface area contributed by atoms with Gasteiger partial charge in [0.2, 0.25) is 17.5 Å². The van der Waals surface area contributed by atoms with Gasteiger partial charge in [0.25, 0.3) is 5.91 Å². The van der Waals surface area contributed by atoms with Crippen molar-refractivity contribution in [2.75, 3.05) is 18.5 Å². The molecule has 9 nitrogen and oxygen atoms in total. The fourth-order valence-electron chi connectivity index (χ4n) is 3.69. The van der Waals surface area contributed by atoms with Crippen LogP contribution in [0.5, 0.6) is 11.8 Å². The minimum Gasteiger partial charge on any atom is -0.449 e. The van der Waals surface area contributed by atoms with E-state index in [9.17, 15) is 18.0 Å². The van der Waals surface area contributed by atoms with Gasteiger partial charge in [0.05, 0.1) is 16.6 Å². The smallest absolute Gasteiger partial charge is 0.411 e. The summed E-state index contributed by atoms with van der Waals surface area (Å²) >= 11 is 5.96. The van der Waals surface area contributed by atoms with Crippen LogP contribution in [0, 0.1) is 0 Å². The molecule has 1 aromatic carbocycles. The van der Waals surface area contributed by atoms with E-state index in [4.69, 9.17) is 20.8 Å². The van der Waals surface area contributed by atoms with Gasteiger partial charge in [-0.25, -0.2) is 9.97 Å². The van der Waals surface area contributed by atoms with Crippen LogP contribution >= 0.6 is 11.6 Å². The molecule has 1 aliphatic heterocycles. The van der Waals surface area contributed by atoms with E-state index < -0.39 is 19.4 Å². The fourth-order valence-corrected chi connectivity index (χ4v) is 3.88. The first kappa shape index (κ1) is 23.1. The average Bonchev–Trinajstić information content (AvgIpc) is 3.09. The summed E-state index contributed by atoms with van der Waals surface area (Å²) in [6.45, 7) is 0.481. The van der Waals surface area contributed by atoms with E-state index in [1.807, 2.05) is 6.92 Å². The van der Waals surface area contributed by atoms with Gasteiger partial charge in [-0.1, -0.05) is 11.6 Å². The Bertz CT molecular complexity index is 1440. The van der Waals surface area contributed by atoms with E-state index in [1.165, 1.54) is 6.07 Å². The van der Waals surface area contributed by atoms with Crippen LogP contribution in [0.1, 0.15) is 23.3 Å². The number of pyridine rings is 1. The molecular formula is C22H17ClF3N5O4. The number of anilines is 1. The molecule has 0 saturated heterocycles. The number of furan rings is 1. The fraction of sp³-hybridized carbons (Fsp3) is 0.273.